The first kappa shape index (κ1) is 15.6. The van der Waals surface area contributed by atoms with E-state index in [1.54, 1.807) is 24.3 Å². The van der Waals surface area contributed by atoms with Crippen molar-refractivity contribution >= 4 is 11.9 Å². The lowest BCUT2D eigenvalue weighted by molar-refractivity contribution is 0.101. The lowest BCUT2D eigenvalue weighted by atomic mass is 10.1. The van der Waals surface area contributed by atoms with Crippen LogP contribution in [0, 0.1) is 0 Å². The van der Waals surface area contributed by atoms with Crippen molar-refractivity contribution < 1.29 is 23.7 Å². The minimum atomic E-state index is -0.132. The Balaban J connectivity index is 1.55. The summed E-state index contributed by atoms with van der Waals surface area (Å²) in [5.74, 6) is 2.78. The van der Waals surface area contributed by atoms with Crippen LogP contribution in [0.1, 0.15) is 35.7 Å². The first-order valence-electron chi connectivity index (χ1n) is 8.35. The molecule has 0 aliphatic carbocycles. The number of Topliss-reactive ketones (excluding diaryl/α,β-unsaturated/α-hetero) is 1. The van der Waals surface area contributed by atoms with Crippen molar-refractivity contribution in [2.24, 2.45) is 0 Å². The Morgan fingerprint density at radius 1 is 1.08 bits per heavy atom. The highest BCUT2D eigenvalue weighted by Crippen LogP contribution is 2.37. The maximum Gasteiger partial charge on any atom is 0.231 e. The van der Waals surface area contributed by atoms with E-state index in [1.807, 2.05) is 18.2 Å². The number of carbonyl (C=O) groups is 1. The Bertz CT molecular complexity index is 853. The summed E-state index contributed by atoms with van der Waals surface area (Å²) in [6.45, 7) is 2.99. The van der Waals surface area contributed by atoms with Crippen LogP contribution in [0.25, 0.3) is 6.08 Å². The lowest BCUT2D eigenvalue weighted by Gasteiger charge is -2.06. The Morgan fingerprint density at radius 2 is 1.96 bits per heavy atom. The molecule has 0 N–H and O–H groups in total. The molecular formula is C20H18O5. The van der Waals surface area contributed by atoms with Gasteiger partial charge in [0.15, 0.2) is 17.3 Å². The summed E-state index contributed by atoms with van der Waals surface area (Å²) in [5.41, 5.74) is 1.37. The number of fused-ring (bicyclic) bond motifs is 2. The van der Waals surface area contributed by atoms with E-state index in [9.17, 15) is 4.79 Å². The molecule has 0 radical (unpaired) electrons. The average molecular weight is 338 g/mol. The van der Waals surface area contributed by atoms with Gasteiger partial charge in [0.2, 0.25) is 12.6 Å². The van der Waals surface area contributed by atoms with Crippen LogP contribution in [0.15, 0.2) is 42.2 Å². The molecule has 2 aliphatic heterocycles. The number of ether oxygens (including phenoxy) is 4. The van der Waals surface area contributed by atoms with E-state index in [4.69, 9.17) is 18.9 Å². The summed E-state index contributed by atoms with van der Waals surface area (Å²) in [6.07, 6.45) is 3.77. The fourth-order valence-electron chi connectivity index (χ4n) is 2.75. The summed E-state index contributed by atoms with van der Waals surface area (Å²) >= 11 is 0. The maximum atomic E-state index is 12.5. The van der Waals surface area contributed by atoms with E-state index in [0.29, 0.717) is 40.9 Å². The number of rotatable bonds is 5. The van der Waals surface area contributed by atoms with E-state index in [1.165, 1.54) is 0 Å². The highest BCUT2D eigenvalue weighted by Gasteiger charge is 2.28. The SMILES string of the molecule is CCCCOc1ccc2c(c1)O/C(=C/c1ccc3c(c1)OCO3)C2=O. The van der Waals surface area contributed by atoms with Crippen molar-refractivity contribution in [2.45, 2.75) is 19.8 Å². The zero-order valence-corrected chi connectivity index (χ0v) is 13.9. The second-order valence-electron chi connectivity index (χ2n) is 5.91. The van der Waals surface area contributed by atoms with Crippen LogP contribution in [0.5, 0.6) is 23.0 Å². The Morgan fingerprint density at radius 3 is 2.84 bits per heavy atom. The topological polar surface area (TPSA) is 54.0 Å². The standard InChI is InChI=1S/C20H18O5/c1-2-3-8-22-14-5-6-15-17(11-14)25-19(20(15)21)10-13-4-7-16-18(9-13)24-12-23-16/h4-7,9-11H,2-3,8,12H2,1H3/b19-10+. The molecule has 0 amide bonds. The number of hydrogen-bond acceptors (Lipinski definition) is 5. The molecule has 0 saturated heterocycles. The third kappa shape index (κ3) is 3.05. The van der Waals surface area contributed by atoms with Gasteiger partial charge in [-0.25, -0.2) is 0 Å². The van der Waals surface area contributed by atoms with Crippen LogP contribution < -0.4 is 18.9 Å². The summed E-state index contributed by atoms with van der Waals surface area (Å²) in [7, 11) is 0. The first-order valence-corrected chi connectivity index (χ1v) is 8.35. The molecule has 2 heterocycles. The highest BCUT2D eigenvalue weighted by atomic mass is 16.7. The third-order valence-electron chi connectivity index (χ3n) is 4.10. The fraction of sp³-hybridized carbons (Fsp3) is 0.250. The van der Waals surface area contributed by atoms with Gasteiger partial charge < -0.3 is 18.9 Å². The predicted octanol–water partition coefficient (Wildman–Crippen LogP) is 4.21. The quantitative estimate of drug-likeness (QED) is 0.604. The van der Waals surface area contributed by atoms with Crippen molar-refractivity contribution in [2.75, 3.05) is 13.4 Å². The number of allylic oxidation sites excluding steroid dienone is 1. The van der Waals surface area contributed by atoms with Gasteiger partial charge >= 0.3 is 0 Å². The van der Waals surface area contributed by atoms with Crippen LogP contribution in [-0.2, 0) is 0 Å². The minimum absolute atomic E-state index is 0.132. The molecule has 5 heteroatoms. The Hall–Kier alpha value is -2.95. The molecular weight excluding hydrogens is 320 g/mol. The van der Waals surface area contributed by atoms with E-state index in [2.05, 4.69) is 6.92 Å². The first-order chi connectivity index (χ1) is 12.2. The summed E-state index contributed by atoms with van der Waals surface area (Å²) in [4.78, 5) is 12.5. The molecule has 0 fully saturated rings. The van der Waals surface area contributed by atoms with Crippen molar-refractivity contribution in [3.63, 3.8) is 0 Å². The smallest absolute Gasteiger partial charge is 0.231 e. The van der Waals surface area contributed by atoms with Crippen molar-refractivity contribution in [3.8, 4) is 23.0 Å². The number of carbonyl (C=O) groups excluding carboxylic acids is 1. The largest absolute Gasteiger partial charge is 0.493 e. The average Bonchev–Trinajstić information content (AvgIpc) is 3.20. The maximum absolute atomic E-state index is 12.5. The van der Waals surface area contributed by atoms with Crippen LogP contribution in [0.2, 0.25) is 0 Å². The second-order valence-corrected chi connectivity index (χ2v) is 5.91. The molecule has 0 spiro atoms. The van der Waals surface area contributed by atoms with Crippen molar-refractivity contribution in [3.05, 3.63) is 53.3 Å². The molecule has 2 aliphatic rings. The number of ketones is 1. The predicted molar refractivity (Wildman–Crippen MR) is 92.3 cm³/mol. The Labute approximate surface area is 145 Å². The summed E-state index contributed by atoms with van der Waals surface area (Å²) < 4.78 is 22.1. The van der Waals surface area contributed by atoms with Crippen molar-refractivity contribution in [1.82, 2.24) is 0 Å². The number of hydrogen-bond donors (Lipinski definition) is 0. The molecule has 2 aromatic rings. The molecule has 128 valence electrons. The van der Waals surface area contributed by atoms with Gasteiger partial charge in [0.1, 0.15) is 11.5 Å². The monoisotopic (exact) mass is 338 g/mol. The molecule has 0 saturated carbocycles. The highest BCUT2D eigenvalue weighted by molar-refractivity contribution is 6.14. The van der Waals surface area contributed by atoms with Crippen molar-refractivity contribution in [1.29, 1.82) is 0 Å². The molecule has 5 nitrogen and oxygen atoms in total. The second kappa shape index (κ2) is 6.51. The summed E-state index contributed by atoms with van der Waals surface area (Å²) in [5, 5.41) is 0. The molecule has 0 atom stereocenters. The van der Waals surface area contributed by atoms with Gasteiger partial charge in [0, 0.05) is 6.07 Å². The van der Waals surface area contributed by atoms with Gasteiger partial charge in [-0.3, -0.25) is 4.79 Å². The summed E-state index contributed by atoms with van der Waals surface area (Å²) in [6, 6.07) is 10.8. The molecule has 25 heavy (non-hydrogen) atoms. The molecule has 0 unspecified atom stereocenters. The fourth-order valence-corrected chi connectivity index (χ4v) is 2.75. The van der Waals surface area contributed by atoms with Gasteiger partial charge in [0.25, 0.3) is 0 Å². The zero-order chi connectivity index (χ0) is 17.2. The number of unbranched alkanes of at least 4 members (excludes halogenated alkanes) is 1. The number of benzene rings is 2. The van der Waals surface area contributed by atoms with E-state index in [-0.39, 0.29) is 12.6 Å². The normalized spacial score (nSPS) is 16.0. The van der Waals surface area contributed by atoms with E-state index < -0.39 is 0 Å². The lowest BCUT2D eigenvalue weighted by Crippen LogP contribution is -1.98. The van der Waals surface area contributed by atoms with E-state index in [0.717, 1.165) is 18.4 Å². The van der Waals surface area contributed by atoms with Crippen LogP contribution in [-0.4, -0.2) is 19.2 Å². The molecule has 2 aromatic carbocycles. The van der Waals surface area contributed by atoms with Gasteiger partial charge in [-0.15, -0.1) is 0 Å². The van der Waals surface area contributed by atoms with Crippen LogP contribution >= 0.6 is 0 Å². The van der Waals surface area contributed by atoms with Gasteiger partial charge in [-0.05, 0) is 42.3 Å². The molecule has 0 aromatic heterocycles. The van der Waals surface area contributed by atoms with Crippen LogP contribution in [0.3, 0.4) is 0 Å². The minimum Gasteiger partial charge on any atom is -0.493 e. The molecule has 0 bridgehead atoms. The zero-order valence-electron chi connectivity index (χ0n) is 13.9. The van der Waals surface area contributed by atoms with Crippen LogP contribution in [0.4, 0.5) is 0 Å². The Kier molecular flexibility index (Phi) is 4.06. The van der Waals surface area contributed by atoms with Gasteiger partial charge in [-0.1, -0.05) is 19.4 Å². The van der Waals surface area contributed by atoms with Gasteiger partial charge in [0.05, 0.1) is 12.2 Å². The molecule has 4 rings (SSSR count). The van der Waals surface area contributed by atoms with E-state index >= 15 is 0 Å². The third-order valence-corrected chi connectivity index (χ3v) is 4.10. The van der Waals surface area contributed by atoms with Gasteiger partial charge in [-0.2, -0.15) is 0 Å².